The highest BCUT2D eigenvalue weighted by molar-refractivity contribution is 6.88. The van der Waals surface area contributed by atoms with Gasteiger partial charge < -0.3 is 9.47 Å². The molecule has 2 aliphatic heterocycles. The lowest BCUT2D eigenvalue weighted by Gasteiger charge is -2.44. The van der Waals surface area contributed by atoms with E-state index in [2.05, 4.69) is 154 Å². The second-order valence-corrected chi connectivity index (χ2v) is 13.4. The lowest BCUT2D eigenvalue weighted by molar-refractivity contribution is 0.175. The van der Waals surface area contributed by atoms with E-state index in [0.29, 0.717) is 0 Å². The van der Waals surface area contributed by atoms with Crippen molar-refractivity contribution in [3.63, 3.8) is 0 Å². The molecule has 0 amide bonds. The summed E-state index contributed by atoms with van der Waals surface area (Å²) in [5.41, 5.74) is 8.84. The predicted molar refractivity (Wildman–Crippen MR) is 199 cm³/mol. The number of ether oxygens (including phenoxy) is 2. The minimum atomic E-state index is -0.357. The second kappa shape index (κ2) is 9.21. The Kier molecular flexibility index (Phi) is 4.84. The topological polar surface area (TPSA) is 40.2 Å². The molecule has 12 rings (SSSR count). The van der Waals surface area contributed by atoms with Crippen molar-refractivity contribution in [3.05, 3.63) is 157 Å². The van der Waals surface area contributed by atoms with Crippen LogP contribution in [0.15, 0.2) is 145 Å². The van der Waals surface area contributed by atoms with Crippen molar-refractivity contribution in [1.29, 1.82) is 0 Å². The van der Waals surface area contributed by atoms with Gasteiger partial charge >= 0.3 is 0 Å². The van der Waals surface area contributed by atoms with Gasteiger partial charge in [-0.2, -0.15) is 0 Å². The minimum Gasteiger partial charge on any atom is -0.485 e. The van der Waals surface area contributed by atoms with Crippen LogP contribution in [0.5, 0.6) is 11.5 Å². The van der Waals surface area contributed by atoms with Gasteiger partial charge in [0, 0.05) is 16.8 Å². The Labute approximate surface area is 281 Å². The Balaban J connectivity index is 1.39. The van der Waals surface area contributed by atoms with Crippen LogP contribution < -0.4 is 20.4 Å². The molecule has 3 aliphatic rings. The van der Waals surface area contributed by atoms with E-state index in [9.17, 15) is 0 Å². The smallest absolute Gasteiger partial charge is 0.234 e. The van der Waals surface area contributed by atoms with E-state index in [4.69, 9.17) is 14.5 Å². The molecule has 0 saturated heterocycles. The van der Waals surface area contributed by atoms with Gasteiger partial charge in [-0.1, -0.05) is 109 Å². The van der Waals surface area contributed by atoms with Crippen molar-refractivity contribution in [1.82, 2.24) is 13.8 Å². The molecule has 0 radical (unpaired) electrons. The van der Waals surface area contributed by atoms with Crippen molar-refractivity contribution in [3.8, 4) is 11.5 Å². The van der Waals surface area contributed by atoms with E-state index in [0.717, 1.165) is 61.7 Å². The highest BCUT2D eigenvalue weighted by atomic mass is 16.5. The minimum absolute atomic E-state index is 0.0661. The first-order chi connectivity index (χ1) is 24.3. The summed E-state index contributed by atoms with van der Waals surface area (Å²) in [7, 11) is 0. The molecule has 3 aromatic heterocycles. The molecule has 2 unspecified atom stereocenters. The zero-order valence-electron chi connectivity index (χ0n) is 26.2. The zero-order valence-corrected chi connectivity index (χ0v) is 26.2. The molecule has 2 atom stereocenters. The first-order valence-corrected chi connectivity index (χ1v) is 16.9. The maximum absolute atomic E-state index is 7.29. The number of hydrogen-bond acceptors (Lipinski definition) is 3. The number of benzene rings is 6. The third-order valence-electron chi connectivity index (χ3n) is 11.0. The second-order valence-electron chi connectivity index (χ2n) is 13.4. The van der Waals surface area contributed by atoms with Crippen molar-refractivity contribution in [2.75, 3.05) is 0 Å². The fraction of sp³-hybridized carbons (Fsp3) is 0.0465. The highest BCUT2D eigenvalue weighted by Crippen LogP contribution is 2.52. The molecule has 5 heterocycles. The van der Waals surface area contributed by atoms with Crippen LogP contribution in [0.3, 0.4) is 0 Å². The van der Waals surface area contributed by atoms with Gasteiger partial charge in [0.2, 0.25) is 12.5 Å². The molecular formula is C43H26BN3O2. The van der Waals surface area contributed by atoms with Gasteiger partial charge in [-0.15, -0.1) is 0 Å². The van der Waals surface area contributed by atoms with Gasteiger partial charge in [-0.25, -0.2) is 4.98 Å². The highest BCUT2D eigenvalue weighted by Gasteiger charge is 2.52. The lowest BCUT2D eigenvalue weighted by atomic mass is 9.30. The summed E-state index contributed by atoms with van der Waals surface area (Å²) < 4.78 is 18.9. The SMILES string of the molecule is C1=C2Oc3ccccc3B3c4ccccc4OC(c4c1c1ccccc1c1ccccc1c1cccc5c1n4c1nc4ccccc4n51)C32. The van der Waals surface area contributed by atoms with Crippen LogP contribution in [0.2, 0.25) is 5.82 Å². The molecule has 0 spiro atoms. The van der Waals surface area contributed by atoms with Gasteiger partial charge in [0.25, 0.3) is 0 Å². The number of nitrogens with zero attached hydrogens (tertiary/aromatic N) is 3. The number of imidazole rings is 2. The number of para-hydroxylation sites is 5. The van der Waals surface area contributed by atoms with Crippen molar-refractivity contribution < 1.29 is 9.47 Å². The maximum Gasteiger partial charge on any atom is 0.234 e. The quantitative estimate of drug-likeness (QED) is 0.158. The molecule has 49 heavy (non-hydrogen) atoms. The first-order valence-electron chi connectivity index (χ1n) is 16.9. The normalized spacial score (nSPS) is 17.4. The molecule has 6 aromatic carbocycles. The van der Waals surface area contributed by atoms with Gasteiger partial charge in [0.1, 0.15) is 23.4 Å². The lowest BCUT2D eigenvalue weighted by Crippen LogP contribution is -2.56. The number of aromatic nitrogens is 3. The van der Waals surface area contributed by atoms with Crippen molar-refractivity contribution in [2.45, 2.75) is 11.9 Å². The van der Waals surface area contributed by atoms with Gasteiger partial charge in [0.15, 0.2) is 0 Å². The molecule has 228 valence electrons. The summed E-state index contributed by atoms with van der Waals surface area (Å²) in [5, 5.41) is 5.86. The van der Waals surface area contributed by atoms with Crippen LogP contribution in [0.1, 0.15) is 17.4 Å². The van der Waals surface area contributed by atoms with Crippen molar-refractivity contribution in [2.24, 2.45) is 0 Å². The van der Waals surface area contributed by atoms with Gasteiger partial charge in [-0.3, -0.25) is 8.80 Å². The Bertz CT molecular complexity index is 2990. The summed E-state index contributed by atoms with van der Waals surface area (Å²) in [6, 6.07) is 49.7. The van der Waals surface area contributed by atoms with Gasteiger partial charge in [-0.05, 0) is 68.9 Å². The van der Waals surface area contributed by atoms with Crippen LogP contribution >= 0.6 is 0 Å². The summed E-state index contributed by atoms with van der Waals surface area (Å²) in [6.45, 7) is 0.0661. The molecule has 5 nitrogen and oxygen atoms in total. The van der Waals surface area contributed by atoms with Crippen LogP contribution in [-0.4, -0.2) is 20.5 Å². The number of hydrogen-bond donors (Lipinski definition) is 0. The Hall–Kier alpha value is -6.27. The summed E-state index contributed by atoms with van der Waals surface area (Å²) in [4.78, 5) is 5.38. The van der Waals surface area contributed by atoms with E-state index in [1.54, 1.807) is 0 Å². The van der Waals surface area contributed by atoms with E-state index in [1.165, 1.54) is 32.5 Å². The molecule has 0 bridgehead atoms. The van der Waals surface area contributed by atoms with E-state index < -0.39 is 0 Å². The average molecular weight is 628 g/mol. The van der Waals surface area contributed by atoms with Gasteiger partial charge in [0.05, 0.1) is 27.8 Å². The fourth-order valence-electron chi connectivity index (χ4n) is 9.11. The van der Waals surface area contributed by atoms with E-state index in [-0.39, 0.29) is 18.6 Å². The number of fused-ring (bicyclic) bond motifs is 17. The Morgan fingerprint density at radius 1 is 0.551 bits per heavy atom. The summed E-state index contributed by atoms with van der Waals surface area (Å²) in [5.74, 6) is 3.56. The summed E-state index contributed by atoms with van der Waals surface area (Å²) in [6.07, 6.45) is 1.95. The maximum atomic E-state index is 7.29. The van der Waals surface area contributed by atoms with Crippen LogP contribution in [-0.2, 0) is 0 Å². The standard InChI is InChI=1S/C43H26BN3O2/c1-3-14-27-25(12-1)26-13-2-4-15-28(26)30-24-38-39-42(49-37-23-10-6-18-32(37)44(39)31-17-5-9-22-36(31)48-38)41(30)47-40-29(27)16-11-21-35(40)46-34-20-8-7-19-33(34)45-43(46)47/h1-24,39,42H. The molecule has 0 fully saturated rings. The molecular weight excluding hydrogens is 601 g/mol. The third kappa shape index (κ3) is 3.23. The van der Waals surface area contributed by atoms with Crippen molar-refractivity contribution >= 4 is 78.5 Å². The summed E-state index contributed by atoms with van der Waals surface area (Å²) >= 11 is 0. The predicted octanol–water partition coefficient (Wildman–Crippen LogP) is 8.62. The van der Waals surface area contributed by atoms with Crippen LogP contribution in [0.4, 0.5) is 0 Å². The molecule has 6 heteroatoms. The molecule has 1 aliphatic carbocycles. The molecule has 0 saturated carbocycles. The molecule has 0 N–H and O–H groups in total. The largest absolute Gasteiger partial charge is 0.485 e. The Morgan fingerprint density at radius 3 is 2.00 bits per heavy atom. The van der Waals surface area contributed by atoms with Crippen LogP contribution in [0, 0.1) is 0 Å². The van der Waals surface area contributed by atoms with E-state index in [1.807, 2.05) is 0 Å². The fourth-order valence-corrected chi connectivity index (χ4v) is 9.11. The zero-order chi connectivity index (χ0) is 31.8. The Morgan fingerprint density at radius 2 is 1.16 bits per heavy atom. The third-order valence-corrected chi connectivity index (χ3v) is 11.0. The van der Waals surface area contributed by atoms with Crippen LogP contribution in [0.25, 0.3) is 60.9 Å². The first kappa shape index (κ1) is 25.8. The monoisotopic (exact) mass is 627 g/mol. The van der Waals surface area contributed by atoms with E-state index >= 15 is 0 Å². The number of rotatable bonds is 0. The average Bonchev–Trinajstić information content (AvgIpc) is 3.70. The molecule has 9 aromatic rings.